The zero-order valence-corrected chi connectivity index (χ0v) is 16.8. The van der Waals surface area contributed by atoms with Crippen LogP contribution in [0.4, 0.5) is 0 Å². The Labute approximate surface area is 164 Å². The molecule has 2 saturated heterocycles. The van der Waals surface area contributed by atoms with E-state index in [0.717, 1.165) is 58.2 Å². The third-order valence-electron chi connectivity index (χ3n) is 5.50. The van der Waals surface area contributed by atoms with Crippen LogP contribution in [-0.2, 0) is 4.79 Å². The number of hydrogen-bond acceptors (Lipinski definition) is 4. The molecule has 2 N–H and O–H groups in total. The van der Waals surface area contributed by atoms with Crippen molar-refractivity contribution < 1.29 is 4.79 Å². The monoisotopic (exact) mass is 402 g/mol. The first-order chi connectivity index (χ1) is 10.2. The van der Waals surface area contributed by atoms with Gasteiger partial charge in [0.25, 0.3) is 0 Å². The number of nitrogens with zero attached hydrogens (tertiary/aromatic N) is 3. The molecule has 3 aliphatic rings. The van der Waals surface area contributed by atoms with Crippen LogP contribution in [0.2, 0.25) is 0 Å². The number of nitrogens with two attached hydrogens (primary N) is 1. The van der Waals surface area contributed by atoms with Crippen LogP contribution < -0.4 is 5.73 Å². The highest BCUT2D eigenvalue weighted by molar-refractivity contribution is 5.86. The summed E-state index contributed by atoms with van der Waals surface area (Å²) in [6.45, 7) is 6.54. The van der Waals surface area contributed by atoms with Crippen molar-refractivity contribution in [3.63, 3.8) is 0 Å². The lowest BCUT2D eigenvalue weighted by Gasteiger charge is -2.39. The molecule has 144 valence electrons. The van der Waals surface area contributed by atoms with Crippen LogP contribution in [0.15, 0.2) is 0 Å². The lowest BCUT2D eigenvalue weighted by Crippen LogP contribution is -2.54. The van der Waals surface area contributed by atoms with Crippen LogP contribution in [0.25, 0.3) is 0 Å². The van der Waals surface area contributed by atoms with Crippen molar-refractivity contribution in [3.05, 3.63) is 0 Å². The zero-order valence-electron chi connectivity index (χ0n) is 14.4. The van der Waals surface area contributed by atoms with E-state index in [-0.39, 0.29) is 37.2 Å². The van der Waals surface area contributed by atoms with E-state index >= 15 is 0 Å². The van der Waals surface area contributed by atoms with Gasteiger partial charge in [0.15, 0.2) is 0 Å². The summed E-state index contributed by atoms with van der Waals surface area (Å²) in [5, 5.41) is 0. The van der Waals surface area contributed by atoms with Gasteiger partial charge in [0.1, 0.15) is 0 Å². The highest BCUT2D eigenvalue weighted by atomic mass is 35.5. The third-order valence-corrected chi connectivity index (χ3v) is 5.50. The molecule has 2 heterocycles. The number of rotatable bonds is 3. The molecule has 3 rings (SSSR count). The van der Waals surface area contributed by atoms with Crippen molar-refractivity contribution >= 4 is 43.1 Å². The average Bonchev–Trinajstić information content (AvgIpc) is 3.04. The molecule has 8 heteroatoms. The minimum Gasteiger partial charge on any atom is -0.339 e. The molecule has 0 aromatic rings. The van der Waals surface area contributed by atoms with E-state index in [0.29, 0.717) is 18.5 Å². The van der Waals surface area contributed by atoms with Gasteiger partial charge in [-0.15, -0.1) is 37.2 Å². The fourth-order valence-electron chi connectivity index (χ4n) is 4.01. The molecule has 0 aromatic heterocycles. The Morgan fingerprint density at radius 2 is 1.38 bits per heavy atom. The number of carbonyl (C=O) groups excluding carboxylic acids is 1. The number of amides is 1. The van der Waals surface area contributed by atoms with Crippen molar-refractivity contribution in [1.82, 2.24) is 14.7 Å². The largest absolute Gasteiger partial charge is 0.339 e. The Morgan fingerprint density at radius 3 is 1.92 bits per heavy atom. The van der Waals surface area contributed by atoms with E-state index < -0.39 is 0 Å². The number of piperazine rings is 1. The molecule has 0 aromatic carbocycles. The molecule has 1 saturated carbocycles. The van der Waals surface area contributed by atoms with Gasteiger partial charge >= 0.3 is 0 Å². The summed E-state index contributed by atoms with van der Waals surface area (Å²) in [6.07, 6.45) is 7.57. The summed E-state index contributed by atoms with van der Waals surface area (Å²) in [6, 6.07) is 1.14. The number of halogens is 3. The molecule has 5 nitrogen and oxygen atoms in total. The van der Waals surface area contributed by atoms with Gasteiger partial charge in [-0.25, -0.2) is 0 Å². The van der Waals surface area contributed by atoms with Gasteiger partial charge in [0.2, 0.25) is 5.91 Å². The standard InChI is InChI=1S/C16H30N4O.3ClH/c17-14-5-7-18(8-6-14)13-16(21)20-11-9-19(10-12-20)15-3-1-2-4-15;;;/h14-15H,1-13,17H2;3*1H. The molecule has 0 atom stereocenters. The summed E-state index contributed by atoms with van der Waals surface area (Å²) in [5.74, 6) is 0.316. The van der Waals surface area contributed by atoms with Crippen LogP contribution in [0.3, 0.4) is 0 Å². The fraction of sp³-hybridized carbons (Fsp3) is 0.938. The first-order valence-electron chi connectivity index (χ1n) is 8.72. The van der Waals surface area contributed by atoms with E-state index in [1.807, 2.05) is 0 Å². The van der Waals surface area contributed by atoms with E-state index in [9.17, 15) is 4.79 Å². The molecule has 24 heavy (non-hydrogen) atoms. The summed E-state index contributed by atoms with van der Waals surface area (Å²) in [5.41, 5.74) is 5.92. The minimum absolute atomic E-state index is 0. The summed E-state index contributed by atoms with van der Waals surface area (Å²) in [4.78, 5) is 19.4. The first kappa shape index (κ1) is 24.2. The topological polar surface area (TPSA) is 52.8 Å². The Hall–Kier alpha value is 0.220. The number of hydrogen-bond donors (Lipinski definition) is 1. The first-order valence-corrected chi connectivity index (χ1v) is 8.72. The number of likely N-dealkylation sites (tertiary alicyclic amines) is 1. The van der Waals surface area contributed by atoms with E-state index in [1.54, 1.807) is 0 Å². The molecule has 2 aliphatic heterocycles. The van der Waals surface area contributed by atoms with Crippen LogP contribution in [-0.4, -0.2) is 78.5 Å². The SMILES string of the molecule is Cl.Cl.Cl.NC1CCN(CC(=O)N2CCN(C3CCCC3)CC2)CC1. The summed E-state index contributed by atoms with van der Waals surface area (Å²) in [7, 11) is 0. The minimum atomic E-state index is 0. The molecular weight excluding hydrogens is 371 g/mol. The Kier molecular flexibility index (Phi) is 11.9. The second-order valence-electron chi connectivity index (χ2n) is 6.97. The van der Waals surface area contributed by atoms with Gasteiger partial charge in [-0.3, -0.25) is 14.6 Å². The Morgan fingerprint density at radius 1 is 0.833 bits per heavy atom. The van der Waals surface area contributed by atoms with Gasteiger partial charge < -0.3 is 10.6 Å². The van der Waals surface area contributed by atoms with Gasteiger partial charge in [-0.2, -0.15) is 0 Å². The fourth-order valence-corrected chi connectivity index (χ4v) is 4.01. The maximum atomic E-state index is 12.4. The van der Waals surface area contributed by atoms with Crippen molar-refractivity contribution in [2.75, 3.05) is 45.8 Å². The zero-order chi connectivity index (χ0) is 14.7. The normalized spacial score (nSPS) is 24.0. The Balaban J connectivity index is 0.00000176. The smallest absolute Gasteiger partial charge is 0.236 e. The highest BCUT2D eigenvalue weighted by Crippen LogP contribution is 2.24. The quantitative estimate of drug-likeness (QED) is 0.780. The van der Waals surface area contributed by atoms with E-state index in [1.165, 1.54) is 25.7 Å². The lowest BCUT2D eigenvalue weighted by molar-refractivity contribution is -0.134. The second-order valence-corrected chi connectivity index (χ2v) is 6.97. The Bertz CT molecular complexity index is 353. The summed E-state index contributed by atoms with van der Waals surface area (Å²) < 4.78 is 0. The maximum absolute atomic E-state index is 12.4. The van der Waals surface area contributed by atoms with E-state index in [2.05, 4.69) is 14.7 Å². The van der Waals surface area contributed by atoms with Crippen molar-refractivity contribution in [3.8, 4) is 0 Å². The number of piperidine rings is 1. The molecular formula is C16H33Cl3N4O. The van der Waals surface area contributed by atoms with Crippen molar-refractivity contribution in [2.45, 2.75) is 50.6 Å². The maximum Gasteiger partial charge on any atom is 0.236 e. The third kappa shape index (κ3) is 6.50. The average molecular weight is 404 g/mol. The molecule has 1 aliphatic carbocycles. The van der Waals surface area contributed by atoms with Crippen LogP contribution in [0, 0.1) is 0 Å². The van der Waals surface area contributed by atoms with E-state index in [4.69, 9.17) is 5.73 Å². The molecule has 0 bridgehead atoms. The molecule has 3 fully saturated rings. The molecule has 0 unspecified atom stereocenters. The predicted octanol–water partition coefficient (Wildman–Crippen LogP) is 1.76. The molecule has 0 radical (unpaired) electrons. The molecule has 1 amide bonds. The molecule has 0 spiro atoms. The van der Waals surface area contributed by atoms with Gasteiger partial charge in [0, 0.05) is 51.4 Å². The van der Waals surface area contributed by atoms with Gasteiger partial charge in [0.05, 0.1) is 6.54 Å². The van der Waals surface area contributed by atoms with Crippen LogP contribution in [0.1, 0.15) is 38.5 Å². The predicted molar refractivity (Wildman–Crippen MR) is 106 cm³/mol. The van der Waals surface area contributed by atoms with Crippen LogP contribution >= 0.6 is 37.2 Å². The number of carbonyl (C=O) groups is 1. The van der Waals surface area contributed by atoms with Crippen molar-refractivity contribution in [2.24, 2.45) is 5.73 Å². The van der Waals surface area contributed by atoms with Crippen LogP contribution in [0.5, 0.6) is 0 Å². The van der Waals surface area contributed by atoms with Crippen molar-refractivity contribution in [1.29, 1.82) is 0 Å². The van der Waals surface area contributed by atoms with Gasteiger partial charge in [-0.05, 0) is 25.7 Å². The second kappa shape index (κ2) is 11.8. The highest BCUT2D eigenvalue weighted by Gasteiger charge is 2.28. The van der Waals surface area contributed by atoms with Gasteiger partial charge in [-0.1, -0.05) is 12.8 Å². The lowest BCUT2D eigenvalue weighted by atomic mass is 10.1. The summed E-state index contributed by atoms with van der Waals surface area (Å²) >= 11 is 0.